The molecule has 0 fully saturated rings. The fourth-order valence-corrected chi connectivity index (χ4v) is 2.98. The van der Waals surface area contributed by atoms with Gasteiger partial charge in [-0.25, -0.2) is 4.68 Å². The first-order valence-electron chi connectivity index (χ1n) is 8.42. The highest BCUT2D eigenvalue weighted by Gasteiger charge is 2.13. The summed E-state index contributed by atoms with van der Waals surface area (Å²) >= 11 is 0. The fraction of sp³-hybridized carbons (Fsp3) is 0.238. The molecular weight excluding hydrogens is 328 g/mol. The van der Waals surface area contributed by atoms with Crippen LogP contribution in [0.3, 0.4) is 0 Å². The third-order valence-electron chi connectivity index (χ3n) is 4.44. The predicted octanol–water partition coefficient (Wildman–Crippen LogP) is 4.20. The first kappa shape index (κ1) is 17.7. The molecule has 0 unspecified atom stereocenters. The largest absolute Gasteiger partial charge is 0.496 e. The number of hydrogen-bond donors (Lipinski definition) is 0. The third kappa shape index (κ3) is 3.33. The van der Waals surface area contributed by atoms with Crippen molar-refractivity contribution in [1.29, 1.82) is 0 Å². The van der Waals surface area contributed by atoms with Crippen molar-refractivity contribution in [1.82, 2.24) is 9.78 Å². The van der Waals surface area contributed by atoms with Crippen LogP contribution in [0.5, 0.6) is 11.5 Å². The van der Waals surface area contributed by atoms with Crippen molar-refractivity contribution < 1.29 is 14.3 Å². The van der Waals surface area contributed by atoms with Crippen LogP contribution in [0.25, 0.3) is 5.69 Å². The van der Waals surface area contributed by atoms with Crippen molar-refractivity contribution in [2.45, 2.75) is 27.4 Å². The zero-order valence-corrected chi connectivity index (χ0v) is 15.4. The number of para-hydroxylation sites is 1. The molecular formula is C21H22N2O3. The lowest BCUT2D eigenvalue weighted by Gasteiger charge is -2.13. The van der Waals surface area contributed by atoms with Crippen molar-refractivity contribution >= 4 is 6.29 Å². The van der Waals surface area contributed by atoms with E-state index in [4.69, 9.17) is 9.47 Å². The molecule has 0 saturated carbocycles. The molecule has 0 spiro atoms. The third-order valence-corrected chi connectivity index (χ3v) is 4.44. The second-order valence-electron chi connectivity index (χ2n) is 6.16. The van der Waals surface area contributed by atoms with Crippen molar-refractivity contribution in [3.63, 3.8) is 0 Å². The molecule has 0 N–H and O–H groups in total. The lowest BCUT2D eigenvalue weighted by molar-refractivity contribution is 0.112. The van der Waals surface area contributed by atoms with Crippen molar-refractivity contribution in [3.05, 3.63) is 70.5 Å². The monoisotopic (exact) mass is 350 g/mol. The minimum absolute atomic E-state index is 0.430. The minimum atomic E-state index is 0.430. The van der Waals surface area contributed by atoms with Gasteiger partial charge < -0.3 is 9.47 Å². The van der Waals surface area contributed by atoms with Crippen LogP contribution >= 0.6 is 0 Å². The maximum Gasteiger partial charge on any atom is 0.153 e. The van der Waals surface area contributed by atoms with E-state index in [9.17, 15) is 4.79 Å². The number of carbonyl (C=O) groups is 1. The lowest BCUT2D eigenvalue weighted by atomic mass is 10.2. The van der Waals surface area contributed by atoms with Gasteiger partial charge in [0.15, 0.2) is 6.29 Å². The molecule has 134 valence electrons. The van der Waals surface area contributed by atoms with E-state index in [1.807, 2.05) is 63.2 Å². The van der Waals surface area contributed by atoms with Crippen LogP contribution in [0.4, 0.5) is 0 Å². The number of benzene rings is 2. The van der Waals surface area contributed by atoms with E-state index >= 15 is 0 Å². The summed E-state index contributed by atoms with van der Waals surface area (Å²) in [5.74, 6) is 1.61. The van der Waals surface area contributed by atoms with Gasteiger partial charge in [-0.1, -0.05) is 18.2 Å². The molecule has 3 rings (SSSR count). The van der Waals surface area contributed by atoms with E-state index in [2.05, 4.69) is 5.10 Å². The standard InChI is InChI=1S/C21H22N2O3/c1-14-11-18(23-16(3)19(12-24)15(2)22-23)9-10-20(14)26-13-17-7-5-6-8-21(17)25-4/h5-12H,13H2,1-4H3. The van der Waals surface area contributed by atoms with Gasteiger partial charge in [-0.2, -0.15) is 5.10 Å². The molecule has 26 heavy (non-hydrogen) atoms. The summed E-state index contributed by atoms with van der Waals surface area (Å²) in [6, 6.07) is 13.7. The Morgan fingerprint density at radius 2 is 1.85 bits per heavy atom. The molecule has 3 aromatic rings. The molecule has 2 aromatic carbocycles. The van der Waals surface area contributed by atoms with Gasteiger partial charge in [-0.3, -0.25) is 4.79 Å². The highest BCUT2D eigenvalue weighted by atomic mass is 16.5. The Bertz CT molecular complexity index is 944. The zero-order valence-electron chi connectivity index (χ0n) is 15.4. The quantitative estimate of drug-likeness (QED) is 0.625. The van der Waals surface area contributed by atoms with E-state index in [0.717, 1.165) is 46.0 Å². The number of nitrogens with zero attached hydrogens (tertiary/aromatic N) is 2. The molecule has 0 radical (unpaired) electrons. The molecule has 0 aliphatic rings. The van der Waals surface area contributed by atoms with Gasteiger partial charge in [0.25, 0.3) is 0 Å². The van der Waals surface area contributed by atoms with E-state index in [1.54, 1.807) is 11.8 Å². The highest BCUT2D eigenvalue weighted by molar-refractivity contribution is 5.78. The second-order valence-corrected chi connectivity index (χ2v) is 6.16. The summed E-state index contributed by atoms with van der Waals surface area (Å²) in [6.45, 7) is 6.16. The lowest BCUT2D eigenvalue weighted by Crippen LogP contribution is -2.02. The van der Waals surface area contributed by atoms with Gasteiger partial charge in [-0.15, -0.1) is 0 Å². The molecule has 0 atom stereocenters. The van der Waals surface area contributed by atoms with E-state index < -0.39 is 0 Å². The van der Waals surface area contributed by atoms with Crippen LogP contribution in [-0.2, 0) is 6.61 Å². The topological polar surface area (TPSA) is 53.4 Å². The van der Waals surface area contributed by atoms with Gasteiger partial charge in [0, 0.05) is 5.56 Å². The Morgan fingerprint density at radius 1 is 1.08 bits per heavy atom. The molecule has 0 saturated heterocycles. The van der Waals surface area contributed by atoms with Crippen molar-refractivity contribution in [2.75, 3.05) is 7.11 Å². The Labute approximate surface area is 153 Å². The second kappa shape index (κ2) is 7.44. The Morgan fingerprint density at radius 3 is 2.50 bits per heavy atom. The Hall–Kier alpha value is -3.08. The number of carbonyl (C=O) groups excluding carboxylic acids is 1. The summed E-state index contributed by atoms with van der Waals surface area (Å²) in [4.78, 5) is 11.2. The minimum Gasteiger partial charge on any atom is -0.496 e. The molecule has 5 heteroatoms. The average Bonchev–Trinajstić information content (AvgIpc) is 2.94. The normalized spacial score (nSPS) is 10.6. The van der Waals surface area contributed by atoms with E-state index in [1.165, 1.54) is 0 Å². The Kier molecular flexibility index (Phi) is 5.07. The van der Waals surface area contributed by atoms with Crippen LogP contribution in [0.2, 0.25) is 0 Å². The summed E-state index contributed by atoms with van der Waals surface area (Å²) in [5.41, 5.74) is 5.09. The highest BCUT2D eigenvalue weighted by Crippen LogP contribution is 2.25. The smallest absolute Gasteiger partial charge is 0.153 e. The zero-order chi connectivity index (χ0) is 18.7. The number of aryl methyl sites for hydroxylation is 2. The first-order chi connectivity index (χ1) is 12.5. The summed E-state index contributed by atoms with van der Waals surface area (Å²) in [7, 11) is 1.65. The number of aromatic nitrogens is 2. The molecule has 0 aliphatic heterocycles. The molecule has 0 aliphatic carbocycles. The summed E-state index contributed by atoms with van der Waals surface area (Å²) < 4.78 is 13.1. The van der Waals surface area contributed by atoms with Crippen LogP contribution in [0.15, 0.2) is 42.5 Å². The van der Waals surface area contributed by atoms with Crippen LogP contribution in [0.1, 0.15) is 32.9 Å². The van der Waals surface area contributed by atoms with Crippen molar-refractivity contribution in [3.8, 4) is 17.2 Å². The SMILES string of the molecule is COc1ccccc1COc1ccc(-n2nc(C)c(C=O)c2C)cc1C. The van der Waals surface area contributed by atoms with Crippen molar-refractivity contribution in [2.24, 2.45) is 0 Å². The van der Waals surface area contributed by atoms with Gasteiger partial charge in [0.1, 0.15) is 18.1 Å². The van der Waals surface area contributed by atoms with Crippen LogP contribution < -0.4 is 9.47 Å². The molecule has 0 amide bonds. The van der Waals surface area contributed by atoms with Gasteiger partial charge in [0.05, 0.1) is 29.7 Å². The summed E-state index contributed by atoms with van der Waals surface area (Å²) in [6.07, 6.45) is 0.853. The Balaban J connectivity index is 1.83. The maximum atomic E-state index is 11.2. The first-order valence-corrected chi connectivity index (χ1v) is 8.42. The van der Waals surface area contributed by atoms with Crippen LogP contribution in [0, 0.1) is 20.8 Å². The number of methoxy groups -OCH3 is 1. The fourth-order valence-electron chi connectivity index (χ4n) is 2.98. The molecule has 1 aromatic heterocycles. The molecule has 0 bridgehead atoms. The predicted molar refractivity (Wildman–Crippen MR) is 100 cm³/mol. The number of ether oxygens (including phenoxy) is 2. The number of rotatable bonds is 6. The number of aldehydes is 1. The van der Waals surface area contributed by atoms with Gasteiger partial charge in [-0.05, 0) is 50.6 Å². The van der Waals surface area contributed by atoms with Gasteiger partial charge >= 0.3 is 0 Å². The average molecular weight is 350 g/mol. The van der Waals surface area contributed by atoms with Crippen LogP contribution in [-0.4, -0.2) is 23.2 Å². The van der Waals surface area contributed by atoms with E-state index in [-0.39, 0.29) is 0 Å². The van der Waals surface area contributed by atoms with E-state index in [0.29, 0.717) is 12.2 Å². The van der Waals surface area contributed by atoms with Gasteiger partial charge in [0.2, 0.25) is 0 Å². The maximum absolute atomic E-state index is 11.2. The molecule has 5 nitrogen and oxygen atoms in total. The summed E-state index contributed by atoms with van der Waals surface area (Å²) in [5, 5.41) is 4.47. The molecule has 1 heterocycles. The number of hydrogen-bond acceptors (Lipinski definition) is 4.